The average Bonchev–Trinajstić information content (AvgIpc) is 3.03. The average molecular weight is 311 g/mol. The molecule has 0 unspecified atom stereocenters. The molecular weight excluding hydrogens is 288 g/mol. The molecule has 0 aliphatic carbocycles. The number of nitrogens with one attached hydrogen (secondary N) is 1. The number of aromatic nitrogens is 1. The van der Waals surface area contributed by atoms with Crippen molar-refractivity contribution in [1.82, 2.24) is 20.1 Å². The Morgan fingerprint density at radius 1 is 1.33 bits per heavy atom. The number of carbonyl (C=O) groups excluding carboxylic acids is 1. The van der Waals surface area contributed by atoms with Gasteiger partial charge in [-0.25, -0.2) is 0 Å². The van der Waals surface area contributed by atoms with Crippen LogP contribution in [-0.2, 0) is 11.3 Å². The molecular formula is C15H23ClN4O. The second-order valence-corrected chi connectivity index (χ2v) is 5.61. The quantitative estimate of drug-likeness (QED) is 0.901. The highest BCUT2D eigenvalue weighted by Gasteiger charge is 2.28. The number of pyridine rings is 1. The zero-order valence-corrected chi connectivity index (χ0v) is 13.0. The highest BCUT2D eigenvalue weighted by molar-refractivity contribution is 5.85. The highest BCUT2D eigenvalue weighted by Crippen LogP contribution is 2.12. The van der Waals surface area contributed by atoms with Crippen LogP contribution in [0.5, 0.6) is 0 Å². The van der Waals surface area contributed by atoms with Crippen LogP contribution in [-0.4, -0.2) is 59.5 Å². The number of rotatable bonds is 3. The Hall–Kier alpha value is -1.17. The van der Waals surface area contributed by atoms with E-state index in [9.17, 15) is 4.79 Å². The third-order valence-electron chi connectivity index (χ3n) is 4.17. The van der Waals surface area contributed by atoms with Gasteiger partial charge in [0.05, 0.1) is 6.04 Å². The second kappa shape index (κ2) is 7.73. The first-order chi connectivity index (χ1) is 9.83. The zero-order chi connectivity index (χ0) is 13.8. The van der Waals surface area contributed by atoms with Crippen molar-refractivity contribution >= 4 is 18.3 Å². The van der Waals surface area contributed by atoms with Crippen LogP contribution < -0.4 is 5.32 Å². The molecule has 2 aliphatic rings. The van der Waals surface area contributed by atoms with Gasteiger partial charge in [0.15, 0.2) is 0 Å². The van der Waals surface area contributed by atoms with Gasteiger partial charge in [-0.3, -0.25) is 14.7 Å². The van der Waals surface area contributed by atoms with E-state index in [0.29, 0.717) is 5.91 Å². The van der Waals surface area contributed by atoms with Crippen molar-refractivity contribution in [2.75, 3.05) is 32.7 Å². The molecule has 0 radical (unpaired) electrons. The summed E-state index contributed by atoms with van der Waals surface area (Å²) in [6, 6.07) is 4.15. The van der Waals surface area contributed by atoms with Gasteiger partial charge in [0.2, 0.25) is 5.91 Å². The van der Waals surface area contributed by atoms with Crippen LogP contribution >= 0.6 is 12.4 Å². The fourth-order valence-electron chi connectivity index (χ4n) is 2.99. The Bertz CT molecular complexity index is 442. The Kier molecular flexibility index (Phi) is 5.96. The molecule has 1 aromatic heterocycles. The van der Waals surface area contributed by atoms with E-state index in [1.54, 1.807) is 6.20 Å². The summed E-state index contributed by atoms with van der Waals surface area (Å²) in [6.45, 7) is 5.50. The fourth-order valence-corrected chi connectivity index (χ4v) is 2.99. The molecule has 5 nitrogen and oxygen atoms in total. The topological polar surface area (TPSA) is 48.5 Å². The van der Waals surface area contributed by atoms with Gasteiger partial charge in [-0.05, 0) is 31.0 Å². The second-order valence-electron chi connectivity index (χ2n) is 5.61. The summed E-state index contributed by atoms with van der Waals surface area (Å²) in [7, 11) is 0. The van der Waals surface area contributed by atoms with Crippen molar-refractivity contribution in [3.8, 4) is 0 Å². The molecule has 2 saturated heterocycles. The van der Waals surface area contributed by atoms with E-state index in [1.165, 1.54) is 5.56 Å². The van der Waals surface area contributed by atoms with Crippen LogP contribution in [0.4, 0.5) is 0 Å². The summed E-state index contributed by atoms with van der Waals surface area (Å²) in [5.74, 6) is 0.295. The van der Waals surface area contributed by atoms with Crippen molar-refractivity contribution < 1.29 is 4.79 Å². The lowest BCUT2D eigenvalue weighted by atomic mass is 10.1. The van der Waals surface area contributed by atoms with Gasteiger partial charge in [0.1, 0.15) is 0 Å². The van der Waals surface area contributed by atoms with Gasteiger partial charge in [-0.1, -0.05) is 6.07 Å². The van der Waals surface area contributed by atoms with Crippen molar-refractivity contribution in [3.63, 3.8) is 0 Å². The molecule has 0 aromatic carbocycles. The molecule has 21 heavy (non-hydrogen) atoms. The van der Waals surface area contributed by atoms with Gasteiger partial charge in [-0.15, -0.1) is 12.4 Å². The Morgan fingerprint density at radius 3 is 2.76 bits per heavy atom. The van der Waals surface area contributed by atoms with Gasteiger partial charge in [0, 0.05) is 45.1 Å². The van der Waals surface area contributed by atoms with Crippen LogP contribution in [0.2, 0.25) is 0 Å². The molecule has 1 atom stereocenters. The Balaban J connectivity index is 0.00000161. The van der Waals surface area contributed by atoms with E-state index < -0.39 is 0 Å². The summed E-state index contributed by atoms with van der Waals surface area (Å²) in [5, 5.41) is 3.29. The molecule has 2 fully saturated rings. The summed E-state index contributed by atoms with van der Waals surface area (Å²) in [5.41, 5.74) is 1.24. The van der Waals surface area contributed by atoms with E-state index in [4.69, 9.17) is 0 Å². The lowest BCUT2D eigenvalue weighted by Gasteiger charge is -2.35. The van der Waals surface area contributed by atoms with Crippen LogP contribution in [0.3, 0.4) is 0 Å². The molecule has 0 spiro atoms. The van der Waals surface area contributed by atoms with Gasteiger partial charge >= 0.3 is 0 Å². The number of nitrogens with zero attached hydrogens (tertiary/aromatic N) is 3. The van der Waals surface area contributed by atoms with E-state index in [0.717, 1.165) is 52.1 Å². The lowest BCUT2D eigenvalue weighted by molar-refractivity contribution is -0.134. The number of halogens is 1. The monoisotopic (exact) mass is 310 g/mol. The summed E-state index contributed by atoms with van der Waals surface area (Å²) >= 11 is 0. The van der Waals surface area contributed by atoms with Crippen LogP contribution in [0.1, 0.15) is 18.4 Å². The molecule has 1 N–H and O–H groups in total. The standard InChI is InChI=1S/C15H22N4O.ClH/c20-15(14-4-2-6-17-14)19-9-7-18(8-10-19)12-13-3-1-5-16-11-13;/h1,3,5,11,14,17H,2,4,6-10,12H2;1H/t14-;/m0./s1. The van der Waals surface area contributed by atoms with Crippen molar-refractivity contribution in [3.05, 3.63) is 30.1 Å². The number of hydrogen-bond donors (Lipinski definition) is 1. The zero-order valence-electron chi connectivity index (χ0n) is 12.2. The molecule has 0 saturated carbocycles. The number of carbonyl (C=O) groups is 1. The molecule has 0 bridgehead atoms. The van der Waals surface area contributed by atoms with Gasteiger partial charge < -0.3 is 10.2 Å². The molecule has 6 heteroatoms. The first-order valence-electron chi connectivity index (χ1n) is 7.46. The molecule has 1 amide bonds. The number of amides is 1. The van der Waals surface area contributed by atoms with Crippen molar-refractivity contribution in [2.45, 2.75) is 25.4 Å². The van der Waals surface area contributed by atoms with E-state index in [-0.39, 0.29) is 18.4 Å². The lowest BCUT2D eigenvalue weighted by Crippen LogP contribution is -2.52. The van der Waals surface area contributed by atoms with Crippen molar-refractivity contribution in [1.29, 1.82) is 0 Å². The highest BCUT2D eigenvalue weighted by atomic mass is 35.5. The minimum atomic E-state index is 0. The summed E-state index contributed by atoms with van der Waals surface area (Å²) in [6.07, 6.45) is 5.83. The van der Waals surface area contributed by atoms with Crippen molar-refractivity contribution in [2.24, 2.45) is 0 Å². The maximum absolute atomic E-state index is 12.3. The van der Waals surface area contributed by atoms with E-state index in [1.807, 2.05) is 17.2 Å². The molecule has 3 rings (SSSR count). The SMILES string of the molecule is Cl.O=C([C@@H]1CCCN1)N1CCN(Cc2cccnc2)CC1. The van der Waals surface area contributed by atoms with E-state index >= 15 is 0 Å². The first kappa shape index (κ1) is 16.2. The number of piperazine rings is 1. The van der Waals surface area contributed by atoms with Crippen LogP contribution in [0.15, 0.2) is 24.5 Å². The Morgan fingerprint density at radius 2 is 2.14 bits per heavy atom. The van der Waals surface area contributed by atoms with Crippen LogP contribution in [0.25, 0.3) is 0 Å². The summed E-state index contributed by atoms with van der Waals surface area (Å²) < 4.78 is 0. The molecule has 3 heterocycles. The maximum atomic E-state index is 12.3. The van der Waals surface area contributed by atoms with Crippen LogP contribution in [0, 0.1) is 0 Å². The minimum absolute atomic E-state index is 0. The molecule has 1 aromatic rings. The van der Waals surface area contributed by atoms with Gasteiger partial charge in [0.25, 0.3) is 0 Å². The molecule has 116 valence electrons. The predicted octanol–water partition coefficient (Wildman–Crippen LogP) is 0.900. The largest absolute Gasteiger partial charge is 0.339 e. The van der Waals surface area contributed by atoms with E-state index in [2.05, 4.69) is 21.3 Å². The fraction of sp³-hybridized carbons (Fsp3) is 0.600. The smallest absolute Gasteiger partial charge is 0.239 e. The molecule has 2 aliphatic heterocycles. The summed E-state index contributed by atoms with van der Waals surface area (Å²) in [4.78, 5) is 20.9. The minimum Gasteiger partial charge on any atom is -0.339 e. The first-order valence-corrected chi connectivity index (χ1v) is 7.46. The normalized spacial score (nSPS) is 22.9. The third kappa shape index (κ3) is 4.15. The Labute approximate surface area is 132 Å². The predicted molar refractivity (Wildman–Crippen MR) is 84.4 cm³/mol. The maximum Gasteiger partial charge on any atom is 0.239 e. The van der Waals surface area contributed by atoms with Gasteiger partial charge in [-0.2, -0.15) is 0 Å². The number of hydrogen-bond acceptors (Lipinski definition) is 4. The third-order valence-corrected chi connectivity index (χ3v) is 4.17.